The predicted molar refractivity (Wildman–Crippen MR) is 52.0 cm³/mol. The van der Waals surface area contributed by atoms with Gasteiger partial charge in [0.2, 0.25) is 16.2 Å². The van der Waals surface area contributed by atoms with Crippen LogP contribution < -0.4 is 0 Å². The van der Waals surface area contributed by atoms with E-state index in [1.165, 1.54) is 0 Å². The number of hydrogen-bond donors (Lipinski definition) is 3. The zero-order chi connectivity index (χ0) is 11.9. The molecule has 0 aliphatic heterocycles. The van der Waals surface area contributed by atoms with Crippen LogP contribution in [0.5, 0.6) is 0 Å². The van der Waals surface area contributed by atoms with Gasteiger partial charge < -0.3 is 10.1 Å². The molecule has 0 bridgehead atoms. The van der Waals surface area contributed by atoms with Crippen LogP contribution in [0.2, 0.25) is 0 Å². The van der Waals surface area contributed by atoms with Crippen LogP contribution in [0.3, 0.4) is 0 Å². The number of H-pyrrole nitrogens is 1. The number of carboxylic acid groups (broad SMARTS) is 1. The SMILES string of the molecule is O=C(O)c1cc(F)c2nc(S(=O)O)[nH]c2c1. The molecule has 0 spiro atoms. The number of halogens is 1. The number of carbonyl (C=O) groups is 1. The predicted octanol–water partition coefficient (Wildman–Crippen LogP) is 0.981. The van der Waals surface area contributed by atoms with E-state index in [0.29, 0.717) is 0 Å². The Morgan fingerprint density at radius 1 is 1.50 bits per heavy atom. The topological polar surface area (TPSA) is 103 Å². The summed E-state index contributed by atoms with van der Waals surface area (Å²) in [5, 5.41) is 8.35. The number of fused-ring (bicyclic) bond motifs is 1. The third-order valence-electron chi connectivity index (χ3n) is 1.93. The number of aromatic carboxylic acids is 1. The first kappa shape index (κ1) is 10.7. The lowest BCUT2D eigenvalue weighted by molar-refractivity contribution is 0.0696. The summed E-state index contributed by atoms with van der Waals surface area (Å²) in [7, 11) is 0. The summed E-state index contributed by atoms with van der Waals surface area (Å²) in [5.41, 5.74) is -0.360. The number of carboxylic acids is 1. The maximum Gasteiger partial charge on any atom is 0.335 e. The fourth-order valence-electron chi connectivity index (χ4n) is 1.26. The van der Waals surface area contributed by atoms with Crippen molar-refractivity contribution in [3.8, 4) is 0 Å². The van der Waals surface area contributed by atoms with Crippen LogP contribution in [0, 0.1) is 5.82 Å². The highest BCUT2D eigenvalue weighted by molar-refractivity contribution is 7.79. The zero-order valence-electron chi connectivity index (χ0n) is 7.60. The number of imidazole rings is 1. The summed E-state index contributed by atoms with van der Waals surface area (Å²) in [5.74, 6) is -2.15. The molecular weight excluding hydrogens is 239 g/mol. The molecule has 2 rings (SSSR count). The molecular formula is C8H5FN2O4S. The van der Waals surface area contributed by atoms with Gasteiger partial charge in [0.25, 0.3) is 0 Å². The zero-order valence-corrected chi connectivity index (χ0v) is 8.42. The van der Waals surface area contributed by atoms with Gasteiger partial charge in [-0.2, -0.15) is 0 Å². The lowest BCUT2D eigenvalue weighted by Gasteiger charge is -1.95. The number of hydrogen-bond acceptors (Lipinski definition) is 3. The van der Waals surface area contributed by atoms with Gasteiger partial charge >= 0.3 is 5.97 Å². The van der Waals surface area contributed by atoms with E-state index >= 15 is 0 Å². The van der Waals surface area contributed by atoms with E-state index in [9.17, 15) is 13.4 Å². The van der Waals surface area contributed by atoms with Crippen LogP contribution in [0.1, 0.15) is 10.4 Å². The molecule has 0 aliphatic rings. The molecule has 2 aromatic rings. The maximum atomic E-state index is 13.4. The van der Waals surface area contributed by atoms with Gasteiger partial charge in [0, 0.05) is 0 Å². The number of aromatic nitrogens is 2. The first-order valence-corrected chi connectivity index (χ1v) is 5.13. The molecule has 0 radical (unpaired) electrons. The summed E-state index contributed by atoms with van der Waals surface area (Å²) in [6.45, 7) is 0. The summed E-state index contributed by atoms with van der Waals surface area (Å²) in [4.78, 5) is 16.5. The van der Waals surface area contributed by atoms with Gasteiger partial charge in [0.05, 0.1) is 11.1 Å². The normalized spacial score (nSPS) is 12.9. The lowest BCUT2D eigenvalue weighted by Crippen LogP contribution is -1.97. The Balaban J connectivity index is 2.72. The van der Waals surface area contributed by atoms with Gasteiger partial charge in [-0.15, -0.1) is 0 Å². The Hall–Kier alpha value is -1.80. The van der Waals surface area contributed by atoms with Crippen molar-refractivity contribution in [2.24, 2.45) is 0 Å². The van der Waals surface area contributed by atoms with Crippen LogP contribution >= 0.6 is 0 Å². The standard InChI is InChI=1S/C8H5FN2O4S/c9-4-1-3(7(12)13)2-5-6(4)11-8(10-5)16(14)15/h1-2H,(H,10,11)(H,12,13)(H,14,15). The minimum Gasteiger partial charge on any atom is -0.478 e. The minimum absolute atomic E-state index is 0.0646. The molecule has 0 amide bonds. The summed E-state index contributed by atoms with van der Waals surface area (Å²) in [6, 6.07) is 1.94. The molecule has 16 heavy (non-hydrogen) atoms. The summed E-state index contributed by atoms with van der Waals surface area (Å²) < 4.78 is 32.8. The third-order valence-corrected chi connectivity index (χ3v) is 2.45. The molecule has 1 atom stereocenters. The van der Waals surface area contributed by atoms with Crippen LogP contribution in [0.4, 0.5) is 4.39 Å². The van der Waals surface area contributed by atoms with Crippen molar-refractivity contribution in [3.05, 3.63) is 23.5 Å². The number of nitrogens with zero attached hydrogens (tertiary/aromatic N) is 1. The molecule has 0 fully saturated rings. The van der Waals surface area contributed by atoms with Crippen molar-refractivity contribution in [1.82, 2.24) is 9.97 Å². The van der Waals surface area contributed by atoms with E-state index in [1.54, 1.807) is 0 Å². The van der Waals surface area contributed by atoms with E-state index in [2.05, 4.69) is 9.97 Å². The first-order valence-electron chi connectivity index (χ1n) is 4.02. The Labute approximate surface area is 90.4 Å². The number of benzene rings is 1. The smallest absolute Gasteiger partial charge is 0.335 e. The van der Waals surface area contributed by atoms with Crippen molar-refractivity contribution < 1.29 is 23.1 Å². The molecule has 84 valence electrons. The summed E-state index contributed by atoms with van der Waals surface area (Å²) >= 11 is -2.37. The van der Waals surface area contributed by atoms with E-state index in [-0.39, 0.29) is 21.8 Å². The molecule has 3 N–H and O–H groups in total. The average molecular weight is 244 g/mol. The van der Waals surface area contributed by atoms with E-state index in [4.69, 9.17) is 9.66 Å². The van der Waals surface area contributed by atoms with Crippen molar-refractivity contribution in [2.45, 2.75) is 5.16 Å². The molecule has 1 heterocycles. The van der Waals surface area contributed by atoms with Crippen molar-refractivity contribution in [3.63, 3.8) is 0 Å². The molecule has 1 aromatic heterocycles. The lowest BCUT2D eigenvalue weighted by atomic mass is 10.2. The van der Waals surface area contributed by atoms with Gasteiger partial charge in [-0.05, 0) is 12.1 Å². The fourth-order valence-corrected chi connectivity index (χ4v) is 1.63. The van der Waals surface area contributed by atoms with Gasteiger partial charge in [-0.3, -0.25) is 4.55 Å². The van der Waals surface area contributed by atoms with Crippen molar-refractivity contribution in [2.75, 3.05) is 0 Å². The van der Waals surface area contributed by atoms with E-state index in [0.717, 1.165) is 12.1 Å². The molecule has 0 saturated heterocycles. The highest BCUT2D eigenvalue weighted by Gasteiger charge is 2.14. The highest BCUT2D eigenvalue weighted by Crippen LogP contribution is 2.19. The van der Waals surface area contributed by atoms with Gasteiger partial charge in [0.15, 0.2) is 5.82 Å². The first-order chi connectivity index (χ1) is 7.49. The van der Waals surface area contributed by atoms with Gasteiger partial charge in [-0.1, -0.05) is 0 Å². The molecule has 8 heteroatoms. The fraction of sp³-hybridized carbons (Fsp3) is 0. The monoisotopic (exact) mass is 244 g/mol. The number of aromatic amines is 1. The third kappa shape index (κ3) is 1.68. The molecule has 6 nitrogen and oxygen atoms in total. The molecule has 1 aromatic carbocycles. The second kappa shape index (κ2) is 3.65. The average Bonchev–Trinajstić information content (AvgIpc) is 2.61. The van der Waals surface area contributed by atoms with Crippen LogP contribution in [0.15, 0.2) is 17.3 Å². The number of rotatable bonds is 2. The van der Waals surface area contributed by atoms with Crippen molar-refractivity contribution >= 4 is 28.1 Å². The van der Waals surface area contributed by atoms with E-state index in [1.807, 2.05) is 0 Å². The Bertz CT molecular complexity index is 609. The van der Waals surface area contributed by atoms with Crippen LogP contribution in [-0.4, -0.2) is 29.8 Å². The molecule has 1 unspecified atom stereocenters. The van der Waals surface area contributed by atoms with Crippen LogP contribution in [0.25, 0.3) is 11.0 Å². The Kier molecular flexibility index (Phi) is 2.44. The quantitative estimate of drug-likeness (QED) is 0.683. The number of nitrogens with one attached hydrogen (secondary N) is 1. The highest BCUT2D eigenvalue weighted by atomic mass is 32.2. The maximum absolute atomic E-state index is 13.4. The summed E-state index contributed by atoms with van der Waals surface area (Å²) in [6.07, 6.45) is 0. The van der Waals surface area contributed by atoms with Gasteiger partial charge in [-0.25, -0.2) is 18.4 Å². The minimum atomic E-state index is -2.37. The van der Waals surface area contributed by atoms with Gasteiger partial charge in [0.1, 0.15) is 5.52 Å². The second-order valence-corrected chi connectivity index (χ2v) is 3.84. The Morgan fingerprint density at radius 2 is 2.19 bits per heavy atom. The molecule has 0 aliphatic carbocycles. The van der Waals surface area contributed by atoms with Crippen LogP contribution in [-0.2, 0) is 11.1 Å². The van der Waals surface area contributed by atoms with E-state index < -0.39 is 22.9 Å². The largest absolute Gasteiger partial charge is 0.478 e. The molecule has 0 saturated carbocycles. The Morgan fingerprint density at radius 3 is 2.75 bits per heavy atom. The van der Waals surface area contributed by atoms with Crippen molar-refractivity contribution in [1.29, 1.82) is 0 Å². The second-order valence-electron chi connectivity index (χ2n) is 2.95.